The van der Waals surface area contributed by atoms with Crippen LogP contribution < -0.4 is 10.6 Å². The van der Waals surface area contributed by atoms with Crippen LogP contribution in [-0.4, -0.2) is 65.5 Å². The van der Waals surface area contributed by atoms with E-state index in [0.717, 1.165) is 10.9 Å². The van der Waals surface area contributed by atoms with Crippen LogP contribution in [0.4, 0.5) is 13.2 Å². The molecule has 1 unspecified atom stereocenters. The molecule has 6 nitrogen and oxygen atoms in total. The lowest BCUT2D eigenvalue weighted by atomic mass is 10.2. The van der Waals surface area contributed by atoms with E-state index in [-0.39, 0.29) is 19.0 Å². The second-order valence-electron chi connectivity index (χ2n) is 6.03. The molecule has 1 aliphatic rings. The molecule has 2 N–H and O–H groups in total. The van der Waals surface area contributed by atoms with Gasteiger partial charge in [0.15, 0.2) is 0 Å². The second kappa shape index (κ2) is 8.70. The van der Waals surface area contributed by atoms with Crippen molar-refractivity contribution in [2.75, 3.05) is 32.7 Å². The summed E-state index contributed by atoms with van der Waals surface area (Å²) in [5, 5.41) is 10.5. The van der Waals surface area contributed by atoms with Gasteiger partial charge in [-0.1, -0.05) is 18.2 Å². The molecule has 26 heavy (non-hydrogen) atoms. The maximum Gasteiger partial charge on any atom is 0.405 e. The third kappa shape index (κ3) is 5.09. The fraction of sp³-hybridized carbons (Fsp3) is 0.500. The first-order valence-corrected chi connectivity index (χ1v) is 8.14. The summed E-state index contributed by atoms with van der Waals surface area (Å²) in [5.74, 6) is -0.489. The average molecular weight is 392 g/mol. The van der Waals surface area contributed by atoms with Gasteiger partial charge in [-0.25, -0.2) is 0 Å². The molecule has 0 radical (unpaired) electrons. The van der Waals surface area contributed by atoms with E-state index in [1.165, 1.54) is 9.58 Å². The molecule has 0 bridgehead atoms. The molecule has 1 saturated heterocycles. The van der Waals surface area contributed by atoms with Crippen LogP contribution in [0, 0.1) is 0 Å². The number of aromatic nitrogens is 2. The van der Waals surface area contributed by atoms with Crippen molar-refractivity contribution in [3.63, 3.8) is 0 Å². The highest BCUT2D eigenvalue weighted by Gasteiger charge is 2.43. The van der Waals surface area contributed by atoms with Gasteiger partial charge in [-0.05, 0) is 6.07 Å². The monoisotopic (exact) mass is 391 g/mol. The smallest absolute Gasteiger partial charge is 0.353 e. The van der Waals surface area contributed by atoms with Crippen LogP contribution in [0.1, 0.15) is 0 Å². The second-order valence-corrected chi connectivity index (χ2v) is 6.03. The van der Waals surface area contributed by atoms with E-state index >= 15 is 0 Å². The predicted molar refractivity (Wildman–Crippen MR) is 94.3 cm³/mol. The molecule has 0 saturated carbocycles. The Balaban J connectivity index is 0.00000243. The first-order chi connectivity index (χ1) is 11.9. The van der Waals surface area contributed by atoms with Crippen LogP contribution in [0.5, 0.6) is 0 Å². The topological polar surface area (TPSA) is 62.2 Å². The maximum atomic E-state index is 13.3. The lowest BCUT2D eigenvalue weighted by Crippen LogP contribution is -2.57. The molecule has 0 spiro atoms. The lowest BCUT2D eigenvalue weighted by molar-refractivity contribution is -0.184. The number of alkyl halides is 3. The summed E-state index contributed by atoms with van der Waals surface area (Å²) in [6.07, 6.45) is -2.68. The van der Waals surface area contributed by atoms with Crippen molar-refractivity contribution in [3.8, 4) is 0 Å². The van der Waals surface area contributed by atoms with Gasteiger partial charge in [0, 0.05) is 44.3 Å². The zero-order valence-corrected chi connectivity index (χ0v) is 14.8. The Morgan fingerprint density at radius 2 is 1.96 bits per heavy atom. The number of nitrogens with one attached hydrogen (secondary N) is 2. The standard InChI is InChI=1S/C16H20F3N5O.ClH/c17-16(18,19)14(23-7-5-20-6-8-23)9-21-15(25)11-24-10-12-3-1-2-4-13(12)22-24;/h1-4,10,14,20H,5-9,11H2,(H,21,25);1H. The van der Waals surface area contributed by atoms with Crippen molar-refractivity contribution in [2.45, 2.75) is 18.8 Å². The quantitative estimate of drug-likeness (QED) is 0.809. The average Bonchev–Trinajstić information content (AvgIpc) is 2.96. The molecule has 1 atom stereocenters. The molecule has 0 aliphatic carbocycles. The van der Waals surface area contributed by atoms with Crippen molar-refractivity contribution in [1.29, 1.82) is 0 Å². The fourth-order valence-electron chi connectivity index (χ4n) is 2.96. The highest BCUT2D eigenvalue weighted by molar-refractivity contribution is 5.85. The Morgan fingerprint density at radius 3 is 2.62 bits per heavy atom. The predicted octanol–water partition coefficient (Wildman–Crippen LogP) is 1.41. The van der Waals surface area contributed by atoms with Crippen LogP contribution in [0.2, 0.25) is 0 Å². The van der Waals surface area contributed by atoms with Crippen LogP contribution in [0.3, 0.4) is 0 Å². The summed E-state index contributed by atoms with van der Waals surface area (Å²) in [4.78, 5) is 13.4. The van der Waals surface area contributed by atoms with Gasteiger partial charge in [-0.3, -0.25) is 14.4 Å². The number of carbonyl (C=O) groups is 1. The number of piperazine rings is 1. The van der Waals surface area contributed by atoms with E-state index in [4.69, 9.17) is 0 Å². The summed E-state index contributed by atoms with van der Waals surface area (Å²) in [6.45, 7) is 1.08. The number of amides is 1. The first-order valence-electron chi connectivity index (χ1n) is 8.14. The van der Waals surface area contributed by atoms with Gasteiger partial charge in [-0.15, -0.1) is 12.4 Å². The Kier molecular flexibility index (Phi) is 6.85. The van der Waals surface area contributed by atoms with Gasteiger partial charge >= 0.3 is 6.18 Å². The van der Waals surface area contributed by atoms with E-state index in [0.29, 0.717) is 26.2 Å². The minimum absolute atomic E-state index is 0. The first kappa shape index (κ1) is 20.5. The van der Waals surface area contributed by atoms with Crippen LogP contribution in [0.25, 0.3) is 10.9 Å². The van der Waals surface area contributed by atoms with E-state index in [9.17, 15) is 18.0 Å². The zero-order valence-electron chi connectivity index (χ0n) is 14.0. The SMILES string of the molecule is Cl.O=C(Cn1cc2ccccc2n1)NCC(N1CCNCC1)C(F)(F)F. The minimum atomic E-state index is -4.38. The number of hydrogen-bond acceptors (Lipinski definition) is 4. The van der Waals surface area contributed by atoms with E-state index in [1.54, 1.807) is 6.20 Å². The zero-order chi connectivity index (χ0) is 17.9. The number of halogens is 4. The molecule has 1 amide bonds. The largest absolute Gasteiger partial charge is 0.405 e. The van der Waals surface area contributed by atoms with E-state index in [1.807, 2.05) is 24.3 Å². The van der Waals surface area contributed by atoms with Crippen LogP contribution in [-0.2, 0) is 11.3 Å². The molecular formula is C16H21ClF3N5O. The Hall–Kier alpha value is -1.84. The summed E-state index contributed by atoms with van der Waals surface area (Å²) in [6, 6.07) is 5.70. The molecule has 144 valence electrons. The van der Waals surface area contributed by atoms with Crippen LogP contribution >= 0.6 is 12.4 Å². The van der Waals surface area contributed by atoms with Crippen molar-refractivity contribution >= 4 is 29.2 Å². The van der Waals surface area contributed by atoms with Gasteiger partial charge in [0.2, 0.25) is 5.91 Å². The normalized spacial score (nSPS) is 16.9. The summed E-state index contributed by atoms with van der Waals surface area (Å²) < 4.78 is 41.3. The molecule has 3 rings (SSSR count). The molecule has 2 aromatic rings. The number of hydrogen-bond donors (Lipinski definition) is 2. The van der Waals surface area contributed by atoms with Gasteiger partial charge in [0.25, 0.3) is 0 Å². The number of nitrogens with zero attached hydrogens (tertiary/aromatic N) is 3. The number of carbonyl (C=O) groups excluding carboxylic acids is 1. The molecule has 1 aliphatic heterocycles. The number of benzene rings is 1. The minimum Gasteiger partial charge on any atom is -0.353 e. The third-order valence-corrected chi connectivity index (χ3v) is 4.23. The summed E-state index contributed by atoms with van der Waals surface area (Å²) >= 11 is 0. The van der Waals surface area contributed by atoms with Crippen LogP contribution in [0.15, 0.2) is 30.5 Å². The van der Waals surface area contributed by atoms with Gasteiger partial charge < -0.3 is 10.6 Å². The van der Waals surface area contributed by atoms with E-state index in [2.05, 4.69) is 15.7 Å². The Labute approximate surface area is 155 Å². The number of fused-ring (bicyclic) bond motifs is 1. The summed E-state index contributed by atoms with van der Waals surface area (Å²) in [7, 11) is 0. The highest BCUT2D eigenvalue weighted by Crippen LogP contribution is 2.24. The van der Waals surface area contributed by atoms with Crippen molar-refractivity contribution in [1.82, 2.24) is 25.3 Å². The lowest BCUT2D eigenvalue weighted by Gasteiger charge is -2.35. The Bertz CT molecular complexity index is 697. The fourth-order valence-corrected chi connectivity index (χ4v) is 2.96. The van der Waals surface area contributed by atoms with Gasteiger partial charge in [0.1, 0.15) is 12.6 Å². The van der Waals surface area contributed by atoms with E-state index < -0.39 is 24.7 Å². The van der Waals surface area contributed by atoms with Gasteiger partial charge in [0.05, 0.1) is 5.52 Å². The molecule has 10 heteroatoms. The molecule has 1 fully saturated rings. The molecule has 1 aromatic carbocycles. The number of rotatable bonds is 5. The van der Waals surface area contributed by atoms with Crippen molar-refractivity contribution in [3.05, 3.63) is 30.5 Å². The third-order valence-electron chi connectivity index (χ3n) is 4.23. The summed E-state index contributed by atoms with van der Waals surface area (Å²) in [5.41, 5.74) is 0.740. The highest BCUT2D eigenvalue weighted by atomic mass is 35.5. The molecule has 1 aromatic heterocycles. The van der Waals surface area contributed by atoms with Gasteiger partial charge in [-0.2, -0.15) is 18.3 Å². The Morgan fingerprint density at radius 1 is 1.27 bits per heavy atom. The molecular weight excluding hydrogens is 371 g/mol. The van der Waals surface area contributed by atoms with Crippen molar-refractivity contribution < 1.29 is 18.0 Å². The maximum absolute atomic E-state index is 13.3. The van der Waals surface area contributed by atoms with Crippen molar-refractivity contribution in [2.24, 2.45) is 0 Å². The molecule has 2 heterocycles.